The summed E-state index contributed by atoms with van der Waals surface area (Å²) >= 11 is 0. The zero-order valence-corrected chi connectivity index (χ0v) is 46.5. The van der Waals surface area contributed by atoms with Gasteiger partial charge in [-0.1, -0.05) is 38.0 Å². The van der Waals surface area contributed by atoms with Gasteiger partial charge in [-0.2, -0.15) is 0 Å². The summed E-state index contributed by atoms with van der Waals surface area (Å²) in [5.74, 6) is 11.9. The fraction of sp³-hybridized carbons (Fsp3) is 0.789. The summed E-state index contributed by atoms with van der Waals surface area (Å²) in [4.78, 5) is 76.0. The first-order valence-corrected chi connectivity index (χ1v) is 29.1. The van der Waals surface area contributed by atoms with Crippen molar-refractivity contribution in [3.63, 3.8) is 0 Å². The molecule has 5 rings (SSSR count). The predicted octanol–water partition coefficient (Wildman–Crippen LogP) is 6.32. The van der Waals surface area contributed by atoms with E-state index in [0.29, 0.717) is 93.8 Å². The minimum Gasteiger partial charge on any atom is -0.449 e. The first-order chi connectivity index (χ1) is 38.2. The van der Waals surface area contributed by atoms with Crippen LogP contribution in [0, 0.1) is 65.1 Å². The summed E-state index contributed by atoms with van der Waals surface area (Å²) in [5.41, 5.74) is 0. The number of nitrogens with one attached hydrogen (secondary N) is 6. The van der Waals surface area contributed by atoms with E-state index in [2.05, 4.69) is 69.4 Å². The monoisotopic (exact) mass is 1100 g/mol. The summed E-state index contributed by atoms with van der Waals surface area (Å²) < 4.78 is 43.2. The Hall–Kier alpha value is -5.30. The van der Waals surface area contributed by atoms with E-state index in [-0.39, 0.29) is 91.5 Å². The molecule has 3 saturated carbocycles. The minimum absolute atomic E-state index is 0.000636. The average Bonchev–Trinajstić information content (AvgIpc) is 4.43. The van der Waals surface area contributed by atoms with Crippen LogP contribution in [0.4, 0.5) is 24.0 Å². The van der Waals surface area contributed by atoms with Crippen molar-refractivity contribution in [1.29, 1.82) is 0 Å². The van der Waals surface area contributed by atoms with Gasteiger partial charge >= 0.3 is 30.5 Å². The molecule has 0 aromatic heterocycles. The van der Waals surface area contributed by atoms with E-state index in [0.717, 1.165) is 88.9 Å². The van der Waals surface area contributed by atoms with Crippen LogP contribution in [-0.4, -0.2) is 173 Å². The van der Waals surface area contributed by atoms with E-state index in [1.165, 1.54) is 12.8 Å². The Balaban J connectivity index is 0.878. The van der Waals surface area contributed by atoms with Crippen molar-refractivity contribution >= 4 is 36.4 Å². The third-order valence-corrected chi connectivity index (χ3v) is 15.5. The van der Waals surface area contributed by atoms with Crippen LogP contribution >= 0.6 is 0 Å². The van der Waals surface area contributed by atoms with Crippen LogP contribution in [0.2, 0.25) is 0 Å². The lowest BCUT2D eigenvalue weighted by Crippen LogP contribution is -2.43. The summed E-state index contributed by atoms with van der Waals surface area (Å²) in [6.07, 6.45) is 19.3. The number of unbranched alkanes of at least 4 members (excludes halogenated alkanes) is 1. The van der Waals surface area contributed by atoms with Crippen LogP contribution in [-0.2, 0) is 42.7 Å². The van der Waals surface area contributed by atoms with Gasteiger partial charge < -0.3 is 69.8 Å². The van der Waals surface area contributed by atoms with E-state index >= 15 is 0 Å². The van der Waals surface area contributed by atoms with Gasteiger partial charge in [0, 0.05) is 78.2 Å². The molecule has 440 valence electrons. The molecule has 0 aromatic carbocycles. The Morgan fingerprint density at radius 3 is 1.42 bits per heavy atom. The number of ether oxygens (including phenoxy) is 8. The highest BCUT2D eigenvalue weighted by Gasteiger charge is 2.50. The Bertz CT molecular complexity index is 1820. The van der Waals surface area contributed by atoms with Crippen LogP contribution in [0.5, 0.6) is 0 Å². The Labute approximate surface area is 463 Å². The largest absolute Gasteiger partial charge is 0.449 e. The number of alkyl carbamates (subject to hydrolysis) is 5. The molecular weight excluding hydrogens is 1010 g/mol. The van der Waals surface area contributed by atoms with Crippen LogP contribution < -0.4 is 31.9 Å². The SMILES string of the molecule is C=CCC[C@H]1[C@@H](CCCC)[C@H]1COC(=O)NCCOCCOC(=O)NCCN(CCNC(=O)OCCOCCNC(=O)CC[C@@H]1[C@@H]2CCC#CCC[C@@H]21)CCNC(=O)OCCOCCNC(=O)OC[C@@H]1[C@@H]2CC/C=C\CC[C@@H]21. The van der Waals surface area contributed by atoms with Gasteiger partial charge in [-0.3, -0.25) is 9.69 Å². The van der Waals surface area contributed by atoms with Gasteiger partial charge in [0.05, 0.1) is 52.9 Å². The van der Waals surface area contributed by atoms with Crippen molar-refractivity contribution in [2.45, 2.75) is 103 Å². The highest BCUT2D eigenvalue weighted by atomic mass is 16.6. The molecule has 78 heavy (non-hydrogen) atoms. The zero-order chi connectivity index (χ0) is 55.4. The highest BCUT2D eigenvalue weighted by Crippen LogP contribution is 2.55. The van der Waals surface area contributed by atoms with Gasteiger partial charge in [0.1, 0.15) is 19.8 Å². The molecule has 0 aromatic rings. The number of carbonyl (C=O) groups excluding carboxylic acids is 6. The number of hydrogen-bond acceptors (Lipinski definition) is 15. The first kappa shape index (κ1) is 63.5. The molecule has 21 heteroatoms. The third kappa shape index (κ3) is 26.6. The number of nitrogens with zero attached hydrogens (tertiary/aromatic N) is 1. The second kappa shape index (κ2) is 38.3. The summed E-state index contributed by atoms with van der Waals surface area (Å²) in [6, 6.07) is 0. The Morgan fingerprint density at radius 1 is 0.500 bits per heavy atom. The third-order valence-electron chi connectivity index (χ3n) is 15.5. The summed E-state index contributed by atoms with van der Waals surface area (Å²) in [6.45, 7) is 10.7. The van der Waals surface area contributed by atoms with Crippen LogP contribution in [0.15, 0.2) is 24.8 Å². The second-order valence-corrected chi connectivity index (χ2v) is 20.8. The number of amides is 6. The lowest BCUT2D eigenvalue weighted by atomic mass is 10.1. The molecule has 0 aliphatic heterocycles. The molecule has 5 aliphatic rings. The molecule has 0 saturated heterocycles. The Morgan fingerprint density at radius 2 is 0.936 bits per heavy atom. The number of rotatable bonds is 40. The van der Waals surface area contributed by atoms with E-state index in [1.54, 1.807) is 0 Å². The lowest BCUT2D eigenvalue weighted by molar-refractivity contribution is -0.121. The first-order valence-electron chi connectivity index (χ1n) is 29.1. The molecule has 6 amide bonds. The minimum atomic E-state index is -0.642. The molecule has 0 spiro atoms. The van der Waals surface area contributed by atoms with Crippen molar-refractivity contribution in [3.05, 3.63) is 24.8 Å². The van der Waals surface area contributed by atoms with Crippen molar-refractivity contribution in [2.24, 2.45) is 53.3 Å². The Kier molecular flexibility index (Phi) is 31.2. The number of fused-ring (bicyclic) bond motifs is 2. The smallest absolute Gasteiger partial charge is 0.407 e. The van der Waals surface area contributed by atoms with E-state index in [4.69, 9.17) is 37.9 Å². The van der Waals surface area contributed by atoms with Gasteiger partial charge in [0.15, 0.2) is 0 Å². The van der Waals surface area contributed by atoms with Crippen molar-refractivity contribution in [2.75, 3.05) is 132 Å². The lowest BCUT2D eigenvalue weighted by Gasteiger charge is -2.22. The normalized spacial score (nSPS) is 23.7. The zero-order valence-electron chi connectivity index (χ0n) is 46.5. The predicted molar refractivity (Wildman–Crippen MR) is 292 cm³/mol. The van der Waals surface area contributed by atoms with Gasteiger partial charge in [-0.25, -0.2) is 24.0 Å². The fourth-order valence-corrected chi connectivity index (χ4v) is 11.2. The second-order valence-electron chi connectivity index (χ2n) is 20.8. The van der Waals surface area contributed by atoms with Crippen molar-refractivity contribution < 1.29 is 66.7 Å². The van der Waals surface area contributed by atoms with Crippen LogP contribution in [0.3, 0.4) is 0 Å². The molecular formula is C57H93N7O14. The molecule has 3 fully saturated rings. The van der Waals surface area contributed by atoms with E-state index in [9.17, 15) is 28.8 Å². The van der Waals surface area contributed by atoms with Crippen LogP contribution in [0.1, 0.15) is 103 Å². The molecule has 21 nitrogen and oxygen atoms in total. The number of allylic oxidation sites excluding steroid dienone is 3. The maximum absolute atomic E-state index is 12.4. The molecule has 0 unspecified atom stereocenters. The number of carbonyl (C=O) groups is 6. The topological polar surface area (TPSA) is 252 Å². The average molecular weight is 1100 g/mol. The number of hydrogen-bond donors (Lipinski definition) is 6. The molecule has 6 N–H and O–H groups in total. The van der Waals surface area contributed by atoms with Gasteiger partial charge in [-0.05, 0) is 117 Å². The molecule has 0 heterocycles. The van der Waals surface area contributed by atoms with E-state index in [1.807, 2.05) is 11.0 Å². The van der Waals surface area contributed by atoms with Gasteiger partial charge in [0.25, 0.3) is 0 Å². The highest BCUT2D eigenvalue weighted by molar-refractivity contribution is 5.75. The standard InChI is InChI=1S/C57H93N7O14/c1-3-5-15-45-46(16-6-4-2)50(45)41-77-56(69)62-27-33-72-36-39-75-54(67)60-24-30-64(29-23-59-53(66)74-38-35-71-32-26-58-52(65)22-21-49-43-17-11-7-8-12-18-44(43)49)31-25-61-55(68)76-40-37-73-34-28-63-57(70)78-42-51-47-19-13-9-10-14-20-48(47)51/h3,9-10,43-51H,1,4-6,11-42H2,2H3,(H,58,65)(H,59,66)(H,60,67)(H,61,68)(H,62,69)(H,63,70)/b10-9-/t43-,44+,45-,46+,47-,48+,49-,50-,51-/m0/s1. The summed E-state index contributed by atoms with van der Waals surface area (Å²) in [5, 5.41) is 16.4. The maximum atomic E-state index is 12.4. The van der Waals surface area contributed by atoms with Gasteiger partial charge in [-0.15, -0.1) is 18.4 Å². The summed E-state index contributed by atoms with van der Waals surface area (Å²) in [7, 11) is 0. The molecule has 0 bridgehead atoms. The maximum Gasteiger partial charge on any atom is 0.407 e. The van der Waals surface area contributed by atoms with Crippen molar-refractivity contribution in [1.82, 2.24) is 36.8 Å². The van der Waals surface area contributed by atoms with Crippen molar-refractivity contribution in [3.8, 4) is 11.8 Å². The molecule has 9 atom stereocenters. The quantitative estimate of drug-likeness (QED) is 0.0170. The fourth-order valence-electron chi connectivity index (χ4n) is 11.2. The van der Waals surface area contributed by atoms with Gasteiger partial charge in [0.2, 0.25) is 5.91 Å². The van der Waals surface area contributed by atoms with Crippen LogP contribution in [0.25, 0.3) is 0 Å². The molecule has 0 radical (unpaired) electrons. The van der Waals surface area contributed by atoms with E-state index < -0.39 is 30.5 Å². The molecule has 5 aliphatic carbocycles.